The molecule has 0 saturated heterocycles. The predicted octanol–water partition coefficient (Wildman–Crippen LogP) is 1.04. The van der Waals surface area contributed by atoms with Crippen LogP contribution in [-0.4, -0.2) is 18.7 Å². The Morgan fingerprint density at radius 2 is 2.33 bits per heavy atom. The smallest absolute Gasteiger partial charge is 0.0707 e. The van der Waals surface area contributed by atoms with Crippen LogP contribution in [0.5, 0.6) is 0 Å². The fourth-order valence-corrected chi connectivity index (χ4v) is 1.04. The fourth-order valence-electron chi connectivity index (χ4n) is 1.04. The first-order valence-electron chi connectivity index (χ1n) is 3.92. The van der Waals surface area contributed by atoms with Crippen molar-refractivity contribution in [1.82, 2.24) is 4.98 Å². The van der Waals surface area contributed by atoms with Crippen molar-refractivity contribution in [3.8, 4) is 0 Å². The van der Waals surface area contributed by atoms with Gasteiger partial charge < -0.3 is 10.5 Å². The van der Waals surface area contributed by atoms with E-state index in [4.69, 9.17) is 10.5 Å². The van der Waals surface area contributed by atoms with E-state index in [2.05, 4.69) is 4.98 Å². The third kappa shape index (κ3) is 2.29. The summed E-state index contributed by atoms with van der Waals surface area (Å²) in [6.45, 7) is 2.46. The molecule has 0 spiro atoms. The highest BCUT2D eigenvalue weighted by atomic mass is 16.5. The SMILES string of the molecule is COC[C@@H](N)c1cccc(C)n1. The van der Waals surface area contributed by atoms with Crippen molar-refractivity contribution in [2.75, 3.05) is 13.7 Å². The van der Waals surface area contributed by atoms with Gasteiger partial charge in [0.05, 0.1) is 18.3 Å². The minimum absolute atomic E-state index is 0.116. The number of aromatic nitrogens is 1. The molecule has 1 aromatic rings. The first-order chi connectivity index (χ1) is 5.74. The molecule has 0 amide bonds. The quantitative estimate of drug-likeness (QED) is 0.729. The standard InChI is InChI=1S/C9H14N2O/c1-7-4-3-5-9(11-7)8(10)6-12-2/h3-5,8H,6,10H2,1-2H3/t8-/m1/s1. The summed E-state index contributed by atoms with van der Waals surface area (Å²) in [7, 11) is 1.63. The third-order valence-corrected chi connectivity index (χ3v) is 1.64. The van der Waals surface area contributed by atoms with E-state index in [9.17, 15) is 0 Å². The van der Waals surface area contributed by atoms with Crippen LogP contribution in [0.2, 0.25) is 0 Å². The van der Waals surface area contributed by atoms with E-state index in [1.807, 2.05) is 25.1 Å². The van der Waals surface area contributed by atoms with Gasteiger partial charge in [-0.05, 0) is 19.1 Å². The molecule has 1 rings (SSSR count). The monoisotopic (exact) mass is 166 g/mol. The van der Waals surface area contributed by atoms with Gasteiger partial charge in [-0.3, -0.25) is 4.98 Å². The van der Waals surface area contributed by atoms with E-state index >= 15 is 0 Å². The van der Waals surface area contributed by atoms with Crippen molar-refractivity contribution >= 4 is 0 Å². The van der Waals surface area contributed by atoms with Gasteiger partial charge in [0.15, 0.2) is 0 Å². The second-order valence-corrected chi connectivity index (χ2v) is 2.77. The van der Waals surface area contributed by atoms with Gasteiger partial charge in [0, 0.05) is 12.8 Å². The van der Waals surface area contributed by atoms with E-state index in [1.54, 1.807) is 7.11 Å². The largest absolute Gasteiger partial charge is 0.383 e. The molecule has 3 heteroatoms. The molecule has 0 radical (unpaired) electrons. The van der Waals surface area contributed by atoms with E-state index in [1.165, 1.54) is 0 Å². The maximum absolute atomic E-state index is 5.79. The summed E-state index contributed by atoms with van der Waals surface area (Å²) in [5.41, 5.74) is 7.66. The molecule has 1 heterocycles. The summed E-state index contributed by atoms with van der Waals surface area (Å²) in [5, 5.41) is 0. The lowest BCUT2D eigenvalue weighted by Gasteiger charge is -2.09. The number of nitrogens with two attached hydrogens (primary N) is 1. The van der Waals surface area contributed by atoms with Crippen molar-refractivity contribution in [3.63, 3.8) is 0 Å². The van der Waals surface area contributed by atoms with Crippen LogP contribution in [0.3, 0.4) is 0 Å². The molecule has 66 valence electrons. The Kier molecular flexibility index (Phi) is 3.19. The zero-order valence-electron chi connectivity index (χ0n) is 7.45. The minimum atomic E-state index is -0.116. The van der Waals surface area contributed by atoms with Crippen LogP contribution in [0.15, 0.2) is 18.2 Å². The molecular weight excluding hydrogens is 152 g/mol. The molecule has 0 saturated carbocycles. The molecule has 1 atom stereocenters. The van der Waals surface area contributed by atoms with Crippen molar-refractivity contribution in [3.05, 3.63) is 29.6 Å². The molecule has 1 aromatic heterocycles. The highest BCUT2D eigenvalue weighted by molar-refractivity contribution is 5.12. The topological polar surface area (TPSA) is 48.1 Å². The van der Waals surface area contributed by atoms with Crippen molar-refractivity contribution in [1.29, 1.82) is 0 Å². The number of hydrogen-bond acceptors (Lipinski definition) is 3. The second-order valence-electron chi connectivity index (χ2n) is 2.77. The third-order valence-electron chi connectivity index (χ3n) is 1.64. The Balaban J connectivity index is 2.73. The predicted molar refractivity (Wildman–Crippen MR) is 47.8 cm³/mol. The first kappa shape index (κ1) is 9.16. The molecule has 0 unspecified atom stereocenters. The number of nitrogens with zero attached hydrogens (tertiary/aromatic N) is 1. The van der Waals surface area contributed by atoms with Crippen LogP contribution in [0.4, 0.5) is 0 Å². The molecule has 2 N–H and O–H groups in total. The number of pyridine rings is 1. The summed E-state index contributed by atoms with van der Waals surface area (Å²) >= 11 is 0. The Labute approximate surface area is 72.6 Å². The average molecular weight is 166 g/mol. The van der Waals surface area contributed by atoms with Gasteiger partial charge in [0.2, 0.25) is 0 Å². The van der Waals surface area contributed by atoms with E-state index in [-0.39, 0.29) is 6.04 Å². The summed E-state index contributed by atoms with van der Waals surface area (Å²) in [6, 6.07) is 5.70. The summed E-state index contributed by atoms with van der Waals surface area (Å²) < 4.78 is 4.93. The summed E-state index contributed by atoms with van der Waals surface area (Å²) in [5.74, 6) is 0. The number of hydrogen-bond donors (Lipinski definition) is 1. The normalized spacial score (nSPS) is 12.9. The van der Waals surface area contributed by atoms with Gasteiger partial charge in [0.25, 0.3) is 0 Å². The van der Waals surface area contributed by atoms with Gasteiger partial charge in [-0.1, -0.05) is 6.07 Å². The minimum Gasteiger partial charge on any atom is -0.383 e. The van der Waals surface area contributed by atoms with E-state index < -0.39 is 0 Å². The number of ether oxygens (including phenoxy) is 1. The van der Waals surface area contributed by atoms with Gasteiger partial charge in [-0.2, -0.15) is 0 Å². The van der Waals surface area contributed by atoms with Crippen LogP contribution in [0.1, 0.15) is 17.4 Å². The Morgan fingerprint density at radius 1 is 1.58 bits per heavy atom. The first-order valence-corrected chi connectivity index (χ1v) is 3.92. The Morgan fingerprint density at radius 3 is 2.92 bits per heavy atom. The summed E-state index contributed by atoms with van der Waals surface area (Å²) in [4.78, 5) is 4.29. The van der Waals surface area contributed by atoms with Crippen LogP contribution < -0.4 is 5.73 Å². The Hall–Kier alpha value is -0.930. The van der Waals surface area contributed by atoms with Crippen molar-refractivity contribution in [2.24, 2.45) is 5.73 Å². The molecular formula is C9H14N2O. The van der Waals surface area contributed by atoms with Gasteiger partial charge in [-0.15, -0.1) is 0 Å². The molecule has 0 aliphatic rings. The highest BCUT2D eigenvalue weighted by Crippen LogP contribution is 2.07. The zero-order valence-corrected chi connectivity index (χ0v) is 7.45. The molecule has 0 fully saturated rings. The number of aryl methyl sites for hydroxylation is 1. The Bertz CT molecular complexity index is 250. The molecule has 12 heavy (non-hydrogen) atoms. The lowest BCUT2D eigenvalue weighted by molar-refractivity contribution is 0.179. The molecule has 3 nitrogen and oxygen atoms in total. The maximum Gasteiger partial charge on any atom is 0.0707 e. The lowest BCUT2D eigenvalue weighted by Crippen LogP contribution is -2.17. The zero-order chi connectivity index (χ0) is 8.97. The van der Waals surface area contributed by atoms with Gasteiger partial charge in [0.1, 0.15) is 0 Å². The van der Waals surface area contributed by atoms with Crippen LogP contribution >= 0.6 is 0 Å². The van der Waals surface area contributed by atoms with Crippen molar-refractivity contribution in [2.45, 2.75) is 13.0 Å². The van der Waals surface area contributed by atoms with Gasteiger partial charge >= 0.3 is 0 Å². The lowest BCUT2D eigenvalue weighted by atomic mass is 10.2. The molecule has 0 aliphatic carbocycles. The fraction of sp³-hybridized carbons (Fsp3) is 0.444. The number of rotatable bonds is 3. The average Bonchev–Trinajstić information content (AvgIpc) is 2.05. The molecule has 0 aromatic carbocycles. The number of methoxy groups -OCH3 is 1. The molecule has 0 bridgehead atoms. The van der Waals surface area contributed by atoms with Crippen LogP contribution in [0.25, 0.3) is 0 Å². The van der Waals surface area contributed by atoms with Crippen LogP contribution in [-0.2, 0) is 4.74 Å². The van der Waals surface area contributed by atoms with Crippen molar-refractivity contribution < 1.29 is 4.74 Å². The molecule has 0 aliphatic heterocycles. The van der Waals surface area contributed by atoms with E-state index in [0.29, 0.717) is 6.61 Å². The maximum atomic E-state index is 5.79. The summed E-state index contributed by atoms with van der Waals surface area (Å²) in [6.07, 6.45) is 0. The van der Waals surface area contributed by atoms with Crippen LogP contribution in [0, 0.1) is 6.92 Å². The second kappa shape index (κ2) is 4.18. The highest BCUT2D eigenvalue weighted by Gasteiger charge is 2.05. The van der Waals surface area contributed by atoms with Gasteiger partial charge in [-0.25, -0.2) is 0 Å². The van der Waals surface area contributed by atoms with E-state index in [0.717, 1.165) is 11.4 Å².